The van der Waals surface area contributed by atoms with E-state index in [0.29, 0.717) is 0 Å². The lowest BCUT2D eigenvalue weighted by Crippen LogP contribution is -2.11. The molecule has 0 unspecified atom stereocenters. The number of halogens is 1. The Bertz CT molecular complexity index is 6170. The summed E-state index contributed by atoms with van der Waals surface area (Å²) in [7, 11) is 0. The third-order valence-electron chi connectivity index (χ3n) is 19.5. The largest absolute Gasteiger partial charge is 0.356 e. The number of fused-ring (bicyclic) bond motifs is 10. The van der Waals surface area contributed by atoms with Gasteiger partial charge in [-0.1, -0.05) is 340 Å². The van der Waals surface area contributed by atoms with Gasteiger partial charge in [0.2, 0.25) is 0 Å². The van der Waals surface area contributed by atoms with E-state index in [1.807, 2.05) is 36.4 Å². The first-order valence-corrected chi connectivity index (χ1v) is 35.8. The zero-order valence-corrected chi connectivity index (χ0v) is 58.1. The molecule has 19 rings (SSSR count). The fourth-order valence-corrected chi connectivity index (χ4v) is 15.0. The summed E-state index contributed by atoms with van der Waals surface area (Å²) in [5.41, 5.74) is 24.6. The van der Waals surface area contributed by atoms with E-state index in [-0.39, 0.29) is 14.9 Å². The molecule has 0 bridgehead atoms. The van der Waals surface area contributed by atoms with Crippen LogP contribution in [0.2, 0.25) is 0 Å². The van der Waals surface area contributed by atoms with E-state index >= 15 is 0 Å². The van der Waals surface area contributed by atoms with Crippen molar-refractivity contribution in [3.63, 3.8) is 0 Å². The minimum atomic E-state index is 0. The van der Waals surface area contributed by atoms with E-state index in [4.69, 9.17) is 0 Å². The van der Waals surface area contributed by atoms with Crippen molar-refractivity contribution in [3.8, 4) is 67.0 Å². The number of rotatable bonds is 12. The van der Waals surface area contributed by atoms with Gasteiger partial charge < -0.3 is 19.4 Å². The molecule has 4 nitrogen and oxygen atoms in total. The zero-order valence-electron chi connectivity index (χ0n) is 56.5. The summed E-state index contributed by atoms with van der Waals surface area (Å²) in [6.45, 7) is 0. The van der Waals surface area contributed by atoms with Crippen molar-refractivity contribution < 1.29 is 0 Å². The number of nitrogens with one attached hydrogen (secondary N) is 1. The first-order chi connectivity index (χ1) is 51.0. The van der Waals surface area contributed by atoms with Gasteiger partial charge in [-0.2, -0.15) is 0 Å². The first-order valence-electron chi connectivity index (χ1n) is 35.0. The third kappa shape index (κ3) is 13.6. The normalized spacial score (nSPS) is 10.9. The van der Waals surface area contributed by atoms with Crippen LogP contribution < -0.4 is 10.2 Å². The van der Waals surface area contributed by atoms with Gasteiger partial charge in [0, 0.05) is 65.5 Å². The number of para-hydroxylation sites is 5. The minimum Gasteiger partial charge on any atom is -0.356 e. The maximum absolute atomic E-state index is 3.56. The van der Waals surface area contributed by atoms with Crippen LogP contribution in [-0.4, -0.2) is 9.13 Å². The highest BCUT2D eigenvalue weighted by molar-refractivity contribution is 9.10. The Balaban J connectivity index is 0.000000155. The molecule has 1 N–H and O–H groups in total. The van der Waals surface area contributed by atoms with Crippen LogP contribution in [0, 0.1) is 0 Å². The molecule has 5 heteroatoms. The van der Waals surface area contributed by atoms with Crippen LogP contribution in [0.4, 0.5) is 28.4 Å². The summed E-state index contributed by atoms with van der Waals surface area (Å²) in [6.07, 6.45) is 0. The Morgan fingerprint density at radius 2 is 0.543 bits per heavy atom. The van der Waals surface area contributed by atoms with Crippen molar-refractivity contribution in [1.29, 1.82) is 0 Å². The number of aromatic nitrogens is 2. The monoisotopic (exact) mass is 1410 g/mol. The molecular weight excluding hydrogens is 1340 g/mol. The second-order valence-electron chi connectivity index (χ2n) is 25.7. The second-order valence-corrected chi connectivity index (χ2v) is 26.6. The van der Waals surface area contributed by atoms with E-state index in [0.717, 1.165) is 44.2 Å². The molecule has 0 saturated carbocycles. The summed E-state index contributed by atoms with van der Waals surface area (Å²) in [5.74, 6) is 0. The predicted molar refractivity (Wildman–Crippen MR) is 456 cm³/mol. The van der Waals surface area contributed by atoms with Crippen molar-refractivity contribution in [1.82, 2.24) is 9.13 Å². The average molecular weight is 1410 g/mol. The molecule has 17 aromatic carbocycles. The van der Waals surface area contributed by atoms with Crippen LogP contribution in [0.3, 0.4) is 0 Å². The van der Waals surface area contributed by atoms with Crippen LogP contribution in [0.1, 0.15) is 14.9 Å². The van der Waals surface area contributed by atoms with Crippen LogP contribution in [0.15, 0.2) is 417 Å². The molecule has 0 radical (unpaired) electrons. The molecule has 0 atom stereocenters. The standard InChI is InChI=1S/C52H36N2.C40H28N2.C6H5Br.2CH4/c1-3-15-37(16-4-1)38-27-32-42(33-28-38)53(48-24-12-9-20-44(48)39-17-5-2-6-18-39)43-34-29-41(30-35-43)45-21-10-13-25-49(45)54-50-26-14-11-23-47(50)52-46-22-8-7-19-40(46)31-36-51(52)54;1-2-10-28(11-3-1)29-18-23-32(24-19-29)41-33-25-20-31(21-26-33)34-13-6-8-16-37(34)42-38-17-9-7-15-36(38)40-35-14-5-4-12-30(35)22-27-39(40)42;7-6-4-2-1-3-5-6;;/h1-36H;1-27,41H;1-5H;2*1H4. The lowest BCUT2D eigenvalue weighted by atomic mass is 10.00. The Kier molecular flexibility index (Phi) is 19.8. The fourth-order valence-electron chi connectivity index (χ4n) is 14.7. The van der Waals surface area contributed by atoms with Crippen LogP contribution in [-0.2, 0) is 0 Å². The predicted octanol–water partition coefficient (Wildman–Crippen LogP) is 29.1. The Hall–Kier alpha value is -13.1. The molecule has 0 amide bonds. The van der Waals surface area contributed by atoms with E-state index in [2.05, 4.69) is 411 Å². The van der Waals surface area contributed by atoms with Crippen molar-refractivity contribution in [2.45, 2.75) is 14.9 Å². The number of hydrogen-bond donors (Lipinski definition) is 1. The molecule has 19 aromatic rings. The molecule has 504 valence electrons. The molecule has 0 aliphatic heterocycles. The maximum atomic E-state index is 3.56. The number of anilines is 5. The molecule has 0 saturated heterocycles. The van der Waals surface area contributed by atoms with E-state index in [1.54, 1.807) is 0 Å². The van der Waals surface area contributed by atoms with Gasteiger partial charge in [0.25, 0.3) is 0 Å². The van der Waals surface area contributed by atoms with Crippen molar-refractivity contribution in [2.24, 2.45) is 0 Å². The van der Waals surface area contributed by atoms with Crippen molar-refractivity contribution >= 4 is 110 Å². The van der Waals surface area contributed by atoms with E-state index in [9.17, 15) is 0 Å². The van der Waals surface area contributed by atoms with Gasteiger partial charge in [-0.3, -0.25) is 0 Å². The number of hydrogen-bond acceptors (Lipinski definition) is 2. The first kappa shape index (κ1) is 67.7. The molecular formula is C100H77BrN4. The zero-order chi connectivity index (χ0) is 68.8. The van der Waals surface area contributed by atoms with Gasteiger partial charge in [-0.25, -0.2) is 0 Å². The fraction of sp³-hybridized carbons (Fsp3) is 0.0200. The summed E-state index contributed by atoms with van der Waals surface area (Å²) < 4.78 is 6.00. The van der Waals surface area contributed by atoms with Gasteiger partial charge in [-0.05, 0) is 164 Å². The van der Waals surface area contributed by atoms with Crippen LogP contribution >= 0.6 is 15.9 Å². The topological polar surface area (TPSA) is 25.1 Å². The summed E-state index contributed by atoms with van der Waals surface area (Å²) >= 11 is 3.31. The SMILES string of the molecule is Brc1ccccc1.C.C.c1ccc(-c2ccc(N(c3ccc(-c4ccccc4-n4c5ccccc5c5c6ccccc6ccc54)cc3)c3ccccc3-c3ccccc3)cc2)cc1.c1ccc(-c2ccc(Nc3ccc(-c4ccccc4-n4c5ccccc5c5c6ccccc6ccc54)cc3)cc2)cc1. The lowest BCUT2D eigenvalue weighted by Gasteiger charge is -2.28. The van der Waals surface area contributed by atoms with Gasteiger partial charge in [0.05, 0.1) is 39.1 Å². The second kappa shape index (κ2) is 30.6. The molecule has 2 aromatic heterocycles. The Labute approximate surface area is 623 Å². The van der Waals surface area contributed by atoms with Gasteiger partial charge in [0.1, 0.15) is 0 Å². The molecule has 0 aliphatic carbocycles. The quantitative estimate of drug-likeness (QED) is 0.132. The highest BCUT2D eigenvalue weighted by atomic mass is 79.9. The van der Waals surface area contributed by atoms with E-state index < -0.39 is 0 Å². The lowest BCUT2D eigenvalue weighted by molar-refractivity contribution is 1.18. The smallest absolute Gasteiger partial charge is 0.0547 e. The summed E-state index contributed by atoms with van der Waals surface area (Å²) in [5, 5.41) is 13.8. The maximum Gasteiger partial charge on any atom is 0.0547 e. The Morgan fingerprint density at radius 3 is 0.981 bits per heavy atom. The molecule has 0 aliphatic rings. The third-order valence-corrected chi connectivity index (χ3v) is 20.1. The number of nitrogens with zero attached hydrogens (tertiary/aromatic N) is 3. The van der Waals surface area contributed by atoms with Crippen molar-refractivity contribution in [3.05, 3.63) is 417 Å². The van der Waals surface area contributed by atoms with Gasteiger partial charge in [-0.15, -0.1) is 0 Å². The molecule has 105 heavy (non-hydrogen) atoms. The highest BCUT2D eigenvalue weighted by Crippen LogP contribution is 2.45. The summed E-state index contributed by atoms with van der Waals surface area (Å²) in [4.78, 5) is 2.38. The molecule has 2 heterocycles. The Morgan fingerprint density at radius 1 is 0.229 bits per heavy atom. The minimum absolute atomic E-state index is 0. The summed E-state index contributed by atoms with van der Waals surface area (Å²) in [6, 6.07) is 147. The number of benzene rings is 17. The van der Waals surface area contributed by atoms with Gasteiger partial charge in [0.15, 0.2) is 0 Å². The highest BCUT2D eigenvalue weighted by Gasteiger charge is 2.22. The van der Waals surface area contributed by atoms with E-state index in [1.165, 1.54) is 121 Å². The van der Waals surface area contributed by atoms with Crippen molar-refractivity contribution in [2.75, 3.05) is 10.2 Å². The molecule has 0 spiro atoms. The van der Waals surface area contributed by atoms with Crippen LogP contribution in [0.5, 0.6) is 0 Å². The average Bonchev–Trinajstić information content (AvgIpc) is 1.59. The van der Waals surface area contributed by atoms with Crippen LogP contribution in [0.25, 0.3) is 132 Å². The van der Waals surface area contributed by atoms with Gasteiger partial charge >= 0.3 is 0 Å². The molecule has 0 fully saturated rings.